The molecule has 0 radical (unpaired) electrons. The predicted molar refractivity (Wildman–Crippen MR) is 71.2 cm³/mol. The molecule has 1 N–H and O–H groups in total. The summed E-state index contributed by atoms with van der Waals surface area (Å²) in [6.07, 6.45) is 1.84. The predicted octanol–water partition coefficient (Wildman–Crippen LogP) is 1.94. The molecule has 1 aliphatic rings. The Hall–Kier alpha value is -1.93. The summed E-state index contributed by atoms with van der Waals surface area (Å²) in [4.78, 5) is 18.9. The van der Waals surface area contributed by atoms with Crippen LogP contribution in [-0.4, -0.2) is 46.0 Å². The van der Waals surface area contributed by atoms with Gasteiger partial charge in [-0.3, -0.25) is 4.98 Å². The highest BCUT2D eigenvalue weighted by Gasteiger charge is 2.43. The number of piperidine rings is 1. The quantitative estimate of drug-likeness (QED) is 0.923. The van der Waals surface area contributed by atoms with E-state index in [-0.39, 0.29) is 25.9 Å². The third-order valence-corrected chi connectivity index (χ3v) is 3.30. The van der Waals surface area contributed by atoms with Crippen LogP contribution in [0.15, 0.2) is 30.6 Å². The molecule has 1 aliphatic heterocycles. The molecule has 0 aliphatic carbocycles. The molecule has 1 aromatic heterocycles. The van der Waals surface area contributed by atoms with Gasteiger partial charge in [-0.2, -0.15) is 13.2 Å². The van der Waals surface area contributed by atoms with E-state index in [1.807, 2.05) is 6.07 Å². The smallest absolute Gasteiger partial charge is 0.386 e. The Bertz CT molecular complexity index is 538. The maximum Gasteiger partial charge on any atom is 0.492 e. The number of aromatic nitrogens is 1. The Balaban J connectivity index is 1.88. The number of halogens is 3. The van der Waals surface area contributed by atoms with E-state index in [1.54, 1.807) is 30.6 Å². The van der Waals surface area contributed by atoms with Crippen molar-refractivity contribution in [2.45, 2.75) is 24.6 Å². The van der Waals surface area contributed by atoms with E-state index >= 15 is 0 Å². The van der Waals surface area contributed by atoms with Crippen LogP contribution >= 0.6 is 0 Å². The van der Waals surface area contributed by atoms with Crippen LogP contribution in [0.25, 0.3) is 6.08 Å². The minimum atomic E-state index is -5.02. The molecule has 8 heteroatoms. The Morgan fingerprint density at radius 2 is 2.09 bits per heavy atom. The molecule has 120 valence electrons. The summed E-state index contributed by atoms with van der Waals surface area (Å²) in [5.41, 5.74) is -0.335. The fourth-order valence-corrected chi connectivity index (χ4v) is 2.03. The zero-order valence-electron chi connectivity index (χ0n) is 11.6. The zero-order chi connectivity index (χ0) is 16.2. The molecule has 1 fully saturated rings. The normalized spacial score (nSPS) is 19.3. The standard InChI is InChI=1S/C14H15F3N2O3/c15-14(16,17)12(20)22-19-8-5-13(21,6-9-19)4-3-11-2-1-7-18-10-11/h1-4,7,10,21H,5-6,8-9H2/b4-3+. The summed E-state index contributed by atoms with van der Waals surface area (Å²) in [7, 11) is 0. The van der Waals surface area contributed by atoms with Crippen LogP contribution in [0.5, 0.6) is 0 Å². The highest BCUT2D eigenvalue weighted by Crippen LogP contribution is 2.26. The number of aliphatic hydroxyl groups is 1. The number of rotatable bonds is 3. The lowest BCUT2D eigenvalue weighted by molar-refractivity contribution is -0.245. The van der Waals surface area contributed by atoms with Crippen molar-refractivity contribution in [2.24, 2.45) is 0 Å². The fourth-order valence-electron chi connectivity index (χ4n) is 2.03. The minimum absolute atomic E-state index is 0.0235. The Morgan fingerprint density at radius 1 is 1.41 bits per heavy atom. The summed E-state index contributed by atoms with van der Waals surface area (Å²) in [5.74, 6) is -2.25. The van der Waals surface area contributed by atoms with Gasteiger partial charge in [-0.1, -0.05) is 18.2 Å². The van der Waals surface area contributed by atoms with E-state index in [4.69, 9.17) is 0 Å². The van der Waals surface area contributed by atoms with Gasteiger partial charge in [-0.05, 0) is 24.5 Å². The van der Waals surface area contributed by atoms with Crippen molar-refractivity contribution in [1.29, 1.82) is 0 Å². The number of pyridine rings is 1. The maximum absolute atomic E-state index is 12.1. The second-order valence-corrected chi connectivity index (χ2v) is 5.03. The molecule has 22 heavy (non-hydrogen) atoms. The number of nitrogens with zero attached hydrogens (tertiary/aromatic N) is 2. The second kappa shape index (κ2) is 6.45. The lowest BCUT2D eigenvalue weighted by Crippen LogP contribution is -2.45. The summed E-state index contributed by atoms with van der Waals surface area (Å²) < 4.78 is 36.3. The van der Waals surface area contributed by atoms with Crippen molar-refractivity contribution in [1.82, 2.24) is 10.0 Å². The topological polar surface area (TPSA) is 62.7 Å². The van der Waals surface area contributed by atoms with Crippen LogP contribution in [0.1, 0.15) is 18.4 Å². The van der Waals surface area contributed by atoms with E-state index < -0.39 is 17.7 Å². The number of hydrogen-bond acceptors (Lipinski definition) is 5. The molecule has 0 aromatic carbocycles. The average molecular weight is 316 g/mol. The first-order valence-corrected chi connectivity index (χ1v) is 6.64. The molecule has 2 rings (SSSR count). The number of hydroxylamine groups is 2. The maximum atomic E-state index is 12.1. The first-order chi connectivity index (χ1) is 10.3. The van der Waals surface area contributed by atoms with Crippen LogP contribution in [0.2, 0.25) is 0 Å². The van der Waals surface area contributed by atoms with E-state index in [0.717, 1.165) is 10.6 Å². The monoisotopic (exact) mass is 316 g/mol. The third-order valence-electron chi connectivity index (χ3n) is 3.30. The number of carbonyl (C=O) groups is 1. The van der Waals surface area contributed by atoms with Crippen molar-refractivity contribution in [3.63, 3.8) is 0 Å². The van der Waals surface area contributed by atoms with Crippen LogP contribution < -0.4 is 0 Å². The van der Waals surface area contributed by atoms with Gasteiger partial charge in [-0.15, -0.1) is 5.06 Å². The van der Waals surface area contributed by atoms with Crippen molar-refractivity contribution < 1.29 is 27.9 Å². The summed E-state index contributed by atoms with van der Waals surface area (Å²) in [6, 6.07) is 3.57. The molecule has 0 atom stereocenters. The summed E-state index contributed by atoms with van der Waals surface area (Å²) in [6.45, 7) is 0.0470. The average Bonchev–Trinajstić information content (AvgIpc) is 2.48. The second-order valence-electron chi connectivity index (χ2n) is 5.03. The molecular weight excluding hydrogens is 301 g/mol. The molecule has 1 saturated heterocycles. The van der Waals surface area contributed by atoms with Gasteiger partial charge in [0.25, 0.3) is 0 Å². The Labute approximate surface area is 125 Å². The first kappa shape index (κ1) is 16.4. The molecule has 0 amide bonds. The van der Waals surface area contributed by atoms with Crippen molar-refractivity contribution in [2.75, 3.05) is 13.1 Å². The van der Waals surface area contributed by atoms with Crippen molar-refractivity contribution in [3.8, 4) is 0 Å². The van der Waals surface area contributed by atoms with Gasteiger partial charge in [0.15, 0.2) is 0 Å². The largest absolute Gasteiger partial charge is 0.492 e. The molecule has 0 bridgehead atoms. The summed E-state index contributed by atoms with van der Waals surface area (Å²) in [5, 5.41) is 11.3. The van der Waals surface area contributed by atoms with E-state index in [2.05, 4.69) is 9.82 Å². The van der Waals surface area contributed by atoms with E-state index in [1.165, 1.54) is 0 Å². The van der Waals surface area contributed by atoms with Gasteiger partial charge in [0, 0.05) is 25.5 Å². The minimum Gasteiger partial charge on any atom is -0.386 e. The molecule has 0 unspecified atom stereocenters. The van der Waals surface area contributed by atoms with Crippen LogP contribution in [0.4, 0.5) is 13.2 Å². The Kier molecular flexibility index (Phi) is 4.82. The zero-order valence-corrected chi connectivity index (χ0v) is 11.6. The van der Waals surface area contributed by atoms with E-state index in [9.17, 15) is 23.1 Å². The fraction of sp³-hybridized carbons (Fsp3) is 0.429. The van der Waals surface area contributed by atoms with Gasteiger partial charge >= 0.3 is 12.1 Å². The van der Waals surface area contributed by atoms with Gasteiger partial charge < -0.3 is 9.94 Å². The van der Waals surface area contributed by atoms with Crippen LogP contribution in [-0.2, 0) is 9.63 Å². The molecule has 0 saturated carbocycles. The SMILES string of the molecule is O=C(ON1CCC(O)(/C=C/c2cccnc2)CC1)C(F)(F)F. The molecule has 2 heterocycles. The van der Waals surface area contributed by atoms with Gasteiger partial charge in [0.05, 0.1) is 5.60 Å². The lowest BCUT2D eigenvalue weighted by atomic mass is 9.91. The highest BCUT2D eigenvalue weighted by molar-refractivity contribution is 5.75. The molecule has 1 aromatic rings. The molecule has 0 spiro atoms. The van der Waals surface area contributed by atoms with Crippen LogP contribution in [0.3, 0.4) is 0 Å². The van der Waals surface area contributed by atoms with Crippen molar-refractivity contribution in [3.05, 3.63) is 36.2 Å². The molecular formula is C14H15F3N2O3. The lowest BCUT2D eigenvalue weighted by Gasteiger charge is -2.35. The Morgan fingerprint density at radius 3 is 2.64 bits per heavy atom. The number of hydrogen-bond donors (Lipinski definition) is 1. The van der Waals surface area contributed by atoms with Gasteiger partial charge in [0.1, 0.15) is 0 Å². The first-order valence-electron chi connectivity index (χ1n) is 6.64. The third kappa shape index (κ3) is 4.54. The highest BCUT2D eigenvalue weighted by atomic mass is 19.4. The van der Waals surface area contributed by atoms with Gasteiger partial charge in [-0.25, -0.2) is 4.79 Å². The van der Waals surface area contributed by atoms with E-state index in [0.29, 0.717) is 0 Å². The van der Waals surface area contributed by atoms with Crippen molar-refractivity contribution >= 4 is 12.0 Å². The van der Waals surface area contributed by atoms with Crippen LogP contribution in [0, 0.1) is 0 Å². The number of carbonyl (C=O) groups excluding carboxylic acids is 1. The van der Waals surface area contributed by atoms with Gasteiger partial charge in [0.2, 0.25) is 0 Å². The summed E-state index contributed by atoms with van der Waals surface area (Å²) >= 11 is 0. The molecule has 5 nitrogen and oxygen atoms in total. The number of alkyl halides is 3.